The van der Waals surface area contributed by atoms with Crippen LogP contribution in [0.15, 0.2) is 78.4 Å². The Bertz CT molecular complexity index is 1210. The van der Waals surface area contributed by atoms with E-state index in [2.05, 4.69) is 0 Å². The predicted octanol–water partition coefficient (Wildman–Crippen LogP) is 4.83. The third kappa shape index (κ3) is 3.64. The molecule has 1 aliphatic rings. The first-order valence-electron chi connectivity index (χ1n) is 10.2. The molecule has 1 heterocycles. The van der Waals surface area contributed by atoms with Crippen molar-refractivity contribution in [3.8, 4) is 0 Å². The van der Waals surface area contributed by atoms with E-state index in [9.17, 15) is 19.1 Å². The Balaban J connectivity index is 1.94. The number of amides is 1. The fourth-order valence-electron chi connectivity index (χ4n) is 3.95. The Kier molecular flexibility index (Phi) is 5.53. The lowest BCUT2D eigenvalue weighted by molar-refractivity contribution is -0.132. The molecule has 32 heavy (non-hydrogen) atoms. The van der Waals surface area contributed by atoms with Crippen LogP contribution >= 0.6 is 0 Å². The predicted molar refractivity (Wildman–Crippen MR) is 123 cm³/mol. The molecule has 1 fully saturated rings. The molecule has 1 atom stereocenters. The van der Waals surface area contributed by atoms with E-state index in [1.807, 2.05) is 62.3 Å². The lowest BCUT2D eigenvalue weighted by atomic mass is 9.94. The summed E-state index contributed by atoms with van der Waals surface area (Å²) in [6, 6.07) is 19.1. The molecule has 6 heteroatoms. The third-order valence-electron chi connectivity index (χ3n) is 5.66. The van der Waals surface area contributed by atoms with Crippen LogP contribution in [-0.4, -0.2) is 30.9 Å². The molecule has 0 bridgehead atoms. The summed E-state index contributed by atoms with van der Waals surface area (Å²) < 4.78 is 13.4. The van der Waals surface area contributed by atoms with Gasteiger partial charge in [-0.3, -0.25) is 14.5 Å². The molecule has 3 aromatic carbocycles. The molecule has 1 N–H and O–H groups in total. The van der Waals surface area contributed by atoms with Crippen molar-refractivity contribution in [2.24, 2.45) is 0 Å². The van der Waals surface area contributed by atoms with Gasteiger partial charge >= 0.3 is 0 Å². The number of anilines is 2. The number of hydrogen-bond donors (Lipinski definition) is 1. The lowest BCUT2D eigenvalue weighted by Gasteiger charge is -2.27. The molecule has 1 saturated heterocycles. The van der Waals surface area contributed by atoms with Gasteiger partial charge in [-0.1, -0.05) is 30.3 Å². The molecule has 0 radical (unpaired) electrons. The highest BCUT2D eigenvalue weighted by Gasteiger charge is 2.47. The van der Waals surface area contributed by atoms with Gasteiger partial charge in [0.2, 0.25) is 0 Å². The third-order valence-corrected chi connectivity index (χ3v) is 5.66. The smallest absolute Gasteiger partial charge is 0.300 e. The van der Waals surface area contributed by atoms with Crippen LogP contribution in [0.25, 0.3) is 5.76 Å². The van der Waals surface area contributed by atoms with Crippen molar-refractivity contribution in [2.45, 2.75) is 13.0 Å². The molecule has 0 saturated carbocycles. The Morgan fingerprint density at radius 1 is 0.938 bits per heavy atom. The molecule has 1 aliphatic heterocycles. The number of carbonyl (C=O) groups excluding carboxylic acids is 2. The van der Waals surface area contributed by atoms with Crippen molar-refractivity contribution in [3.05, 3.63) is 101 Å². The standard InChI is InChI=1S/C26H23FN2O3/c1-16-6-4-5-7-21(16)29-23(17-10-14-20(15-11-17)28(2)3)22(25(31)26(29)32)24(30)18-8-12-19(27)13-9-18/h4-15,23,30H,1-3H3/b24-22-. The summed E-state index contributed by atoms with van der Waals surface area (Å²) in [7, 11) is 3.84. The molecular formula is C26H23FN2O3. The number of hydrogen-bond acceptors (Lipinski definition) is 4. The zero-order chi connectivity index (χ0) is 23.0. The number of aryl methyl sites for hydroxylation is 1. The van der Waals surface area contributed by atoms with Crippen molar-refractivity contribution in [1.82, 2.24) is 0 Å². The van der Waals surface area contributed by atoms with Gasteiger partial charge in [0.25, 0.3) is 11.7 Å². The van der Waals surface area contributed by atoms with Gasteiger partial charge < -0.3 is 10.0 Å². The minimum absolute atomic E-state index is 0.0255. The largest absolute Gasteiger partial charge is 0.507 e. The number of aliphatic hydroxyl groups is 1. The highest BCUT2D eigenvalue weighted by molar-refractivity contribution is 6.51. The maximum absolute atomic E-state index is 13.4. The zero-order valence-corrected chi connectivity index (χ0v) is 18.0. The number of Topliss-reactive ketones (excluding diaryl/α,β-unsaturated/α-hetero) is 1. The second-order valence-electron chi connectivity index (χ2n) is 7.95. The van der Waals surface area contributed by atoms with Gasteiger partial charge in [0.15, 0.2) is 0 Å². The molecule has 1 unspecified atom stereocenters. The van der Waals surface area contributed by atoms with Crippen LogP contribution in [0.1, 0.15) is 22.7 Å². The first kappa shape index (κ1) is 21.3. The van der Waals surface area contributed by atoms with Gasteiger partial charge in [0.1, 0.15) is 11.6 Å². The monoisotopic (exact) mass is 430 g/mol. The molecular weight excluding hydrogens is 407 g/mol. The van der Waals surface area contributed by atoms with Crippen LogP contribution in [-0.2, 0) is 9.59 Å². The summed E-state index contributed by atoms with van der Waals surface area (Å²) in [4.78, 5) is 29.7. The Morgan fingerprint density at radius 2 is 1.56 bits per heavy atom. The summed E-state index contributed by atoms with van der Waals surface area (Å²) in [6.07, 6.45) is 0. The molecule has 1 amide bonds. The van der Waals surface area contributed by atoms with Crippen molar-refractivity contribution < 1.29 is 19.1 Å². The lowest BCUT2D eigenvalue weighted by Crippen LogP contribution is -2.30. The molecule has 0 aromatic heterocycles. The SMILES string of the molecule is Cc1ccccc1N1C(=O)C(=O)/C(=C(\O)c2ccc(F)cc2)C1c1ccc(N(C)C)cc1. The number of para-hydroxylation sites is 1. The average Bonchev–Trinajstić information content (AvgIpc) is 3.05. The fourth-order valence-corrected chi connectivity index (χ4v) is 3.95. The van der Waals surface area contributed by atoms with Crippen LogP contribution in [0.3, 0.4) is 0 Å². The summed E-state index contributed by atoms with van der Waals surface area (Å²) in [6.45, 7) is 1.86. The van der Waals surface area contributed by atoms with Gasteiger partial charge in [-0.05, 0) is 60.5 Å². The van der Waals surface area contributed by atoms with Gasteiger partial charge in [-0.2, -0.15) is 0 Å². The number of nitrogens with zero attached hydrogens (tertiary/aromatic N) is 2. The van der Waals surface area contributed by atoms with Crippen molar-refractivity contribution in [1.29, 1.82) is 0 Å². The summed E-state index contributed by atoms with van der Waals surface area (Å²) >= 11 is 0. The van der Waals surface area contributed by atoms with Crippen LogP contribution in [0.5, 0.6) is 0 Å². The molecule has 162 valence electrons. The number of aliphatic hydroxyl groups excluding tert-OH is 1. The maximum Gasteiger partial charge on any atom is 0.300 e. The maximum atomic E-state index is 13.4. The van der Waals surface area contributed by atoms with Crippen molar-refractivity contribution in [3.63, 3.8) is 0 Å². The summed E-state index contributed by atoms with van der Waals surface area (Å²) in [5.74, 6) is -2.29. The number of halogens is 1. The molecule has 5 nitrogen and oxygen atoms in total. The molecule has 0 aliphatic carbocycles. The highest BCUT2D eigenvalue weighted by atomic mass is 19.1. The van der Waals surface area contributed by atoms with Crippen LogP contribution < -0.4 is 9.80 Å². The molecule has 0 spiro atoms. The number of ketones is 1. The van der Waals surface area contributed by atoms with Crippen molar-refractivity contribution >= 4 is 28.8 Å². The summed E-state index contributed by atoms with van der Waals surface area (Å²) in [5.41, 5.74) is 3.30. The van der Waals surface area contributed by atoms with E-state index >= 15 is 0 Å². The quantitative estimate of drug-likeness (QED) is 0.366. The van der Waals surface area contributed by atoms with Gasteiger partial charge in [0.05, 0.1) is 11.6 Å². The zero-order valence-electron chi connectivity index (χ0n) is 18.0. The van der Waals surface area contributed by atoms with Gasteiger partial charge in [0, 0.05) is 31.0 Å². The first-order valence-corrected chi connectivity index (χ1v) is 10.2. The minimum Gasteiger partial charge on any atom is -0.507 e. The summed E-state index contributed by atoms with van der Waals surface area (Å²) in [5, 5.41) is 11.1. The van der Waals surface area contributed by atoms with E-state index in [0.29, 0.717) is 11.3 Å². The van der Waals surface area contributed by atoms with Crippen LogP contribution in [0.2, 0.25) is 0 Å². The topological polar surface area (TPSA) is 60.9 Å². The van der Waals surface area contributed by atoms with E-state index < -0.39 is 23.5 Å². The normalized spacial score (nSPS) is 17.6. The number of rotatable bonds is 4. The first-order chi connectivity index (χ1) is 15.3. The Morgan fingerprint density at radius 3 is 2.16 bits per heavy atom. The van der Waals surface area contributed by atoms with Gasteiger partial charge in [-0.25, -0.2) is 4.39 Å². The van der Waals surface area contributed by atoms with E-state index in [1.165, 1.54) is 29.2 Å². The van der Waals surface area contributed by atoms with Gasteiger partial charge in [-0.15, -0.1) is 0 Å². The Labute approximate surface area is 186 Å². The molecule has 3 aromatic rings. The van der Waals surface area contributed by atoms with E-state index in [4.69, 9.17) is 0 Å². The van der Waals surface area contributed by atoms with E-state index in [1.54, 1.807) is 12.1 Å². The minimum atomic E-state index is -0.822. The van der Waals surface area contributed by atoms with E-state index in [0.717, 1.165) is 11.3 Å². The molecule has 4 rings (SSSR count). The fraction of sp³-hybridized carbons (Fsp3) is 0.154. The number of benzene rings is 3. The average molecular weight is 430 g/mol. The van der Waals surface area contributed by atoms with Crippen LogP contribution in [0, 0.1) is 12.7 Å². The second-order valence-corrected chi connectivity index (χ2v) is 7.95. The Hall–Kier alpha value is -3.93. The van der Waals surface area contributed by atoms with E-state index in [-0.39, 0.29) is 16.9 Å². The highest BCUT2D eigenvalue weighted by Crippen LogP contribution is 2.43. The number of carbonyl (C=O) groups is 2. The van der Waals surface area contributed by atoms with Crippen molar-refractivity contribution in [2.75, 3.05) is 23.9 Å². The van der Waals surface area contributed by atoms with Crippen LogP contribution in [0.4, 0.5) is 15.8 Å². The second kappa shape index (κ2) is 8.30.